The van der Waals surface area contributed by atoms with Gasteiger partial charge < -0.3 is 10.4 Å². The number of benzene rings is 2. The van der Waals surface area contributed by atoms with Crippen LogP contribution in [0.1, 0.15) is 46.8 Å². The lowest BCUT2D eigenvalue weighted by atomic mass is 10.0. The fraction of sp³-hybridized carbons (Fsp3) is 0.278. The second-order valence-corrected chi connectivity index (χ2v) is 5.51. The van der Waals surface area contributed by atoms with Crippen molar-refractivity contribution in [2.75, 3.05) is 0 Å². The zero-order valence-electron chi connectivity index (χ0n) is 12.5. The molecule has 0 heterocycles. The molecule has 0 aromatic heterocycles. The number of hydrogen-bond donors (Lipinski definition) is 2. The predicted octanol–water partition coefficient (Wildman–Crippen LogP) is 3.80. The van der Waals surface area contributed by atoms with Crippen molar-refractivity contribution >= 4 is 5.97 Å². The molecule has 3 nitrogen and oxygen atoms in total. The number of hydrogen-bond acceptors (Lipinski definition) is 2. The van der Waals surface area contributed by atoms with E-state index in [1.54, 1.807) is 18.2 Å². The van der Waals surface area contributed by atoms with E-state index in [9.17, 15) is 4.79 Å². The van der Waals surface area contributed by atoms with Crippen LogP contribution >= 0.6 is 0 Å². The molecule has 2 aromatic rings. The summed E-state index contributed by atoms with van der Waals surface area (Å²) in [4.78, 5) is 10.9. The van der Waals surface area contributed by atoms with Crippen LogP contribution in [0, 0.1) is 0 Å². The Hall–Kier alpha value is -2.13. The first kappa shape index (κ1) is 15.3. The van der Waals surface area contributed by atoms with Gasteiger partial charge in [-0.15, -0.1) is 0 Å². The van der Waals surface area contributed by atoms with E-state index in [0.717, 1.165) is 12.1 Å². The Bertz CT molecular complexity index is 620. The summed E-state index contributed by atoms with van der Waals surface area (Å²) in [7, 11) is 0. The first-order chi connectivity index (χ1) is 10.1. The summed E-state index contributed by atoms with van der Waals surface area (Å²) in [6.45, 7) is 5.80. The maximum absolute atomic E-state index is 10.9. The van der Waals surface area contributed by atoms with Crippen LogP contribution in [0.25, 0.3) is 0 Å². The maximum Gasteiger partial charge on any atom is 0.335 e. The van der Waals surface area contributed by atoms with Gasteiger partial charge in [0.25, 0.3) is 0 Å². The molecule has 21 heavy (non-hydrogen) atoms. The molecule has 2 aromatic carbocycles. The Balaban J connectivity index is 1.94. The summed E-state index contributed by atoms with van der Waals surface area (Å²) in [5.41, 5.74) is 3.89. The predicted molar refractivity (Wildman–Crippen MR) is 84.5 cm³/mol. The van der Waals surface area contributed by atoms with Crippen molar-refractivity contribution in [1.82, 2.24) is 5.32 Å². The third-order valence-electron chi connectivity index (χ3n) is 3.45. The Morgan fingerprint density at radius 3 is 2.29 bits per heavy atom. The van der Waals surface area contributed by atoms with E-state index in [1.165, 1.54) is 11.1 Å². The zero-order chi connectivity index (χ0) is 15.2. The van der Waals surface area contributed by atoms with Crippen LogP contribution in [-0.4, -0.2) is 11.1 Å². The van der Waals surface area contributed by atoms with Crippen LogP contribution in [0.15, 0.2) is 48.5 Å². The van der Waals surface area contributed by atoms with Crippen LogP contribution in [0.4, 0.5) is 0 Å². The Morgan fingerprint density at radius 1 is 1.05 bits per heavy atom. The standard InChI is InChI=1S/C18H21NO2/c1-13(2)16-7-3-5-14(9-16)11-19-12-15-6-4-8-17(10-15)18(20)21/h3-10,13,19H,11-12H2,1-2H3,(H,20,21). The van der Waals surface area contributed by atoms with E-state index < -0.39 is 5.97 Å². The third kappa shape index (κ3) is 4.43. The van der Waals surface area contributed by atoms with Crippen molar-refractivity contribution in [2.45, 2.75) is 32.9 Å². The summed E-state index contributed by atoms with van der Waals surface area (Å²) in [6, 6.07) is 15.6. The topological polar surface area (TPSA) is 49.3 Å². The monoisotopic (exact) mass is 283 g/mol. The molecule has 0 aliphatic rings. The molecule has 110 valence electrons. The van der Waals surface area contributed by atoms with Gasteiger partial charge in [-0.1, -0.05) is 50.2 Å². The van der Waals surface area contributed by atoms with Crippen LogP contribution in [0.2, 0.25) is 0 Å². The second-order valence-electron chi connectivity index (χ2n) is 5.51. The fourth-order valence-electron chi connectivity index (χ4n) is 2.23. The van der Waals surface area contributed by atoms with Crippen molar-refractivity contribution in [3.8, 4) is 0 Å². The van der Waals surface area contributed by atoms with Crippen molar-refractivity contribution in [3.05, 3.63) is 70.8 Å². The first-order valence-electron chi connectivity index (χ1n) is 7.18. The lowest BCUT2D eigenvalue weighted by molar-refractivity contribution is 0.0696. The lowest BCUT2D eigenvalue weighted by Gasteiger charge is -2.09. The summed E-state index contributed by atoms with van der Waals surface area (Å²) >= 11 is 0. The van der Waals surface area contributed by atoms with Crippen molar-refractivity contribution in [2.24, 2.45) is 0 Å². The highest BCUT2D eigenvalue weighted by Crippen LogP contribution is 2.15. The fourth-order valence-corrected chi connectivity index (χ4v) is 2.23. The molecule has 0 spiro atoms. The Kier molecular flexibility index (Phi) is 5.12. The van der Waals surface area contributed by atoms with E-state index in [2.05, 4.69) is 43.4 Å². The molecule has 0 unspecified atom stereocenters. The normalized spacial score (nSPS) is 10.8. The molecule has 2 rings (SSSR count). The minimum absolute atomic E-state index is 0.330. The first-order valence-corrected chi connectivity index (χ1v) is 7.18. The van der Waals surface area contributed by atoms with Crippen LogP contribution in [0.3, 0.4) is 0 Å². The van der Waals surface area contributed by atoms with E-state index >= 15 is 0 Å². The Labute approximate surface area is 125 Å². The zero-order valence-corrected chi connectivity index (χ0v) is 12.5. The largest absolute Gasteiger partial charge is 0.478 e. The van der Waals surface area contributed by atoms with Gasteiger partial charge in [-0.05, 0) is 34.7 Å². The third-order valence-corrected chi connectivity index (χ3v) is 3.45. The minimum Gasteiger partial charge on any atom is -0.478 e. The quantitative estimate of drug-likeness (QED) is 0.847. The highest BCUT2D eigenvalue weighted by molar-refractivity contribution is 5.87. The molecule has 2 N–H and O–H groups in total. The molecule has 0 aliphatic heterocycles. The lowest BCUT2D eigenvalue weighted by Crippen LogP contribution is -2.13. The van der Waals surface area contributed by atoms with Crippen LogP contribution in [-0.2, 0) is 13.1 Å². The van der Waals surface area contributed by atoms with Gasteiger partial charge in [0.1, 0.15) is 0 Å². The molecule has 0 saturated heterocycles. The smallest absolute Gasteiger partial charge is 0.335 e. The molecule has 0 amide bonds. The van der Waals surface area contributed by atoms with Crippen LogP contribution in [0.5, 0.6) is 0 Å². The molecular formula is C18H21NO2. The average molecular weight is 283 g/mol. The van der Waals surface area contributed by atoms with Gasteiger partial charge in [0.05, 0.1) is 5.56 Å². The Morgan fingerprint density at radius 2 is 1.67 bits per heavy atom. The van der Waals surface area contributed by atoms with Gasteiger partial charge in [-0.2, -0.15) is 0 Å². The highest BCUT2D eigenvalue weighted by Gasteiger charge is 2.03. The molecule has 0 aliphatic carbocycles. The minimum atomic E-state index is -0.888. The number of carboxylic acid groups (broad SMARTS) is 1. The van der Waals surface area contributed by atoms with Gasteiger partial charge >= 0.3 is 5.97 Å². The van der Waals surface area contributed by atoms with Crippen molar-refractivity contribution in [3.63, 3.8) is 0 Å². The maximum atomic E-state index is 10.9. The highest BCUT2D eigenvalue weighted by atomic mass is 16.4. The van der Waals surface area contributed by atoms with Gasteiger partial charge in [-0.3, -0.25) is 0 Å². The summed E-state index contributed by atoms with van der Waals surface area (Å²) in [5.74, 6) is -0.362. The summed E-state index contributed by atoms with van der Waals surface area (Å²) < 4.78 is 0. The molecule has 3 heteroatoms. The summed E-state index contributed by atoms with van der Waals surface area (Å²) in [6.07, 6.45) is 0. The molecule has 0 atom stereocenters. The molecular weight excluding hydrogens is 262 g/mol. The second kappa shape index (κ2) is 7.04. The van der Waals surface area contributed by atoms with E-state index in [-0.39, 0.29) is 0 Å². The summed E-state index contributed by atoms with van der Waals surface area (Å²) in [5, 5.41) is 12.3. The van der Waals surface area contributed by atoms with Gasteiger partial charge in [0, 0.05) is 13.1 Å². The number of carboxylic acids is 1. The van der Waals surface area contributed by atoms with Gasteiger partial charge in [-0.25, -0.2) is 4.79 Å². The average Bonchev–Trinajstić information content (AvgIpc) is 2.48. The SMILES string of the molecule is CC(C)c1cccc(CNCc2cccc(C(=O)O)c2)c1. The number of carbonyl (C=O) groups is 1. The molecule has 0 bridgehead atoms. The van der Waals surface area contributed by atoms with E-state index in [4.69, 9.17) is 5.11 Å². The molecule has 0 saturated carbocycles. The van der Waals surface area contributed by atoms with Gasteiger partial charge in [0.2, 0.25) is 0 Å². The number of rotatable bonds is 6. The van der Waals surface area contributed by atoms with E-state index in [1.807, 2.05) is 6.07 Å². The number of aromatic carboxylic acids is 1. The van der Waals surface area contributed by atoms with Crippen molar-refractivity contribution in [1.29, 1.82) is 0 Å². The molecule has 0 fully saturated rings. The van der Waals surface area contributed by atoms with Crippen LogP contribution < -0.4 is 5.32 Å². The van der Waals surface area contributed by atoms with Gasteiger partial charge in [0.15, 0.2) is 0 Å². The number of nitrogens with one attached hydrogen (secondary N) is 1. The molecule has 0 radical (unpaired) electrons. The van der Waals surface area contributed by atoms with Crippen molar-refractivity contribution < 1.29 is 9.90 Å². The van der Waals surface area contributed by atoms with E-state index in [0.29, 0.717) is 18.0 Å².